The quantitative estimate of drug-likeness (QED) is 0.718. The summed E-state index contributed by atoms with van der Waals surface area (Å²) >= 11 is 0. The van der Waals surface area contributed by atoms with Crippen LogP contribution in [0.25, 0.3) is 0 Å². The first kappa shape index (κ1) is 15.8. The minimum absolute atomic E-state index is 0.334. The van der Waals surface area contributed by atoms with Crippen LogP contribution in [0.3, 0.4) is 0 Å². The van der Waals surface area contributed by atoms with Gasteiger partial charge in [-0.2, -0.15) is 0 Å². The van der Waals surface area contributed by atoms with Crippen LogP contribution in [0.1, 0.15) is 51.4 Å². The zero-order valence-corrected chi connectivity index (χ0v) is 13.6. The first-order chi connectivity index (χ1) is 10.1. The predicted octanol–water partition coefficient (Wildman–Crippen LogP) is 4.92. The lowest BCUT2D eigenvalue weighted by atomic mass is 9.92. The third-order valence-corrected chi connectivity index (χ3v) is 4.09. The second-order valence-corrected chi connectivity index (χ2v) is 6.19. The lowest BCUT2D eigenvalue weighted by molar-refractivity contribution is 0.169. The van der Waals surface area contributed by atoms with Gasteiger partial charge in [0.2, 0.25) is 0 Å². The summed E-state index contributed by atoms with van der Waals surface area (Å²) in [7, 11) is 0. The minimum atomic E-state index is 0.334. The maximum atomic E-state index is 5.68. The Morgan fingerprint density at radius 2 is 1.57 bits per heavy atom. The van der Waals surface area contributed by atoms with Gasteiger partial charge in [0.05, 0.1) is 6.26 Å². The van der Waals surface area contributed by atoms with Gasteiger partial charge in [-0.05, 0) is 58.4 Å². The van der Waals surface area contributed by atoms with E-state index in [1.807, 2.05) is 6.07 Å². The molecule has 0 bridgehead atoms. The van der Waals surface area contributed by atoms with Gasteiger partial charge >= 0.3 is 0 Å². The molecule has 0 aliphatic heterocycles. The van der Waals surface area contributed by atoms with Crippen LogP contribution >= 0.6 is 0 Å². The molecule has 1 heterocycles. The Morgan fingerprint density at radius 1 is 0.905 bits per heavy atom. The SMILES string of the molecule is CC(C)N(CCC(c1ccccc1)c1ccco1)C(C)C. The summed E-state index contributed by atoms with van der Waals surface area (Å²) in [5.74, 6) is 1.40. The van der Waals surface area contributed by atoms with Crippen LogP contribution in [-0.2, 0) is 0 Å². The van der Waals surface area contributed by atoms with Gasteiger partial charge in [0.1, 0.15) is 5.76 Å². The molecule has 1 unspecified atom stereocenters. The van der Waals surface area contributed by atoms with Crippen LogP contribution < -0.4 is 0 Å². The van der Waals surface area contributed by atoms with E-state index in [4.69, 9.17) is 4.42 Å². The molecule has 0 spiro atoms. The van der Waals surface area contributed by atoms with Crippen molar-refractivity contribution in [3.05, 3.63) is 60.1 Å². The lowest BCUT2D eigenvalue weighted by Crippen LogP contribution is -2.38. The standard InChI is InChI=1S/C19H27NO/c1-15(2)20(16(3)4)13-12-18(19-11-8-14-21-19)17-9-6-5-7-10-17/h5-11,14-16,18H,12-13H2,1-4H3. The van der Waals surface area contributed by atoms with E-state index < -0.39 is 0 Å². The summed E-state index contributed by atoms with van der Waals surface area (Å²) in [6.07, 6.45) is 2.85. The first-order valence-corrected chi connectivity index (χ1v) is 7.93. The van der Waals surface area contributed by atoms with Gasteiger partial charge in [0, 0.05) is 18.0 Å². The first-order valence-electron chi connectivity index (χ1n) is 7.93. The van der Waals surface area contributed by atoms with Crippen LogP contribution in [-0.4, -0.2) is 23.5 Å². The molecule has 2 rings (SSSR count). The Kier molecular flexibility index (Phi) is 5.63. The normalized spacial score (nSPS) is 13.3. The lowest BCUT2D eigenvalue weighted by Gasteiger charge is -2.31. The van der Waals surface area contributed by atoms with Gasteiger partial charge in [-0.1, -0.05) is 30.3 Å². The van der Waals surface area contributed by atoms with Crippen molar-refractivity contribution in [3.8, 4) is 0 Å². The topological polar surface area (TPSA) is 16.4 Å². The van der Waals surface area contributed by atoms with Gasteiger partial charge in [0.15, 0.2) is 0 Å². The number of hydrogen-bond donors (Lipinski definition) is 0. The molecule has 0 aliphatic rings. The molecule has 0 amide bonds. The highest BCUT2D eigenvalue weighted by Crippen LogP contribution is 2.29. The summed E-state index contributed by atoms with van der Waals surface area (Å²) < 4.78 is 5.68. The Hall–Kier alpha value is -1.54. The molecule has 2 aromatic rings. The fraction of sp³-hybridized carbons (Fsp3) is 0.474. The number of hydrogen-bond acceptors (Lipinski definition) is 2. The van der Waals surface area contributed by atoms with Crippen LogP contribution in [0, 0.1) is 0 Å². The molecule has 2 heteroatoms. The molecule has 0 saturated carbocycles. The zero-order chi connectivity index (χ0) is 15.2. The Labute approximate surface area is 128 Å². The molecule has 21 heavy (non-hydrogen) atoms. The highest BCUT2D eigenvalue weighted by atomic mass is 16.3. The summed E-state index contributed by atoms with van der Waals surface area (Å²) in [5.41, 5.74) is 1.33. The monoisotopic (exact) mass is 285 g/mol. The second kappa shape index (κ2) is 7.46. The van der Waals surface area contributed by atoms with E-state index in [2.05, 4.69) is 69.0 Å². The van der Waals surface area contributed by atoms with Crippen molar-refractivity contribution >= 4 is 0 Å². The average molecular weight is 285 g/mol. The smallest absolute Gasteiger partial charge is 0.111 e. The molecule has 0 N–H and O–H groups in total. The van der Waals surface area contributed by atoms with Gasteiger partial charge in [0.25, 0.3) is 0 Å². The molecular weight excluding hydrogens is 258 g/mol. The van der Waals surface area contributed by atoms with Crippen molar-refractivity contribution in [2.45, 2.75) is 52.1 Å². The van der Waals surface area contributed by atoms with E-state index in [0.29, 0.717) is 18.0 Å². The van der Waals surface area contributed by atoms with Crippen LogP contribution in [0.15, 0.2) is 53.1 Å². The van der Waals surface area contributed by atoms with Crippen LogP contribution in [0.4, 0.5) is 0 Å². The molecule has 1 aromatic heterocycles. The van der Waals surface area contributed by atoms with Crippen molar-refractivity contribution < 1.29 is 4.42 Å². The van der Waals surface area contributed by atoms with Crippen molar-refractivity contribution in [2.75, 3.05) is 6.54 Å². The molecule has 0 saturated heterocycles. The summed E-state index contributed by atoms with van der Waals surface area (Å²) in [6.45, 7) is 10.2. The second-order valence-electron chi connectivity index (χ2n) is 6.19. The van der Waals surface area contributed by atoms with E-state index in [1.54, 1.807) is 6.26 Å². The largest absolute Gasteiger partial charge is 0.469 e. The molecule has 0 fully saturated rings. The van der Waals surface area contributed by atoms with Crippen LogP contribution in [0.5, 0.6) is 0 Å². The Bertz CT molecular complexity index is 494. The van der Waals surface area contributed by atoms with Gasteiger partial charge in [-0.3, -0.25) is 4.90 Å². The highest BCUT2D eigenvalue weighted by Gasteiger charge is 2.20. The molecule has 2 nitrogen and oxygen atoms in total. The summed E-state index contributed by atoms with van der Waals surface area (Å²) in [4.78, 5) is 2.54. The van der Waals surface area contributed by atoms with E-state index in [-0.39, 0.29) is 0 Å². The van der Waals surface area contributed by atoms with Crippen LogP contribution in [0.2, 0.25) is 0 Å². The number of benzene rings is 1. The maximum absolute atomic E-state index is 5.68. The molecule has 0 radical (unpaired) electrons. The molecule has 0 aliphatic carbocycles. The maximum Gasteiger partial charge on any atom is 0.111 e. The van der Waals surface area contributed by atoms with Gasteiger partial charge in [-0.15, -0.1) is 0 Å². The van der Waals surface area contributed by atoms with Gasteiger partial charge < -0.3 is 4.42 Å². The van der Waals surface area contributed by atoms with E-state index in [0.717, 1.165) is 18.7 Å². The molecule has 1 aromatic carbocycles. The molecule has 114 valence electrons. The molecule has 1 atom stereocenters. The Morgan fingerprint density at radius 3 is 2.10 bits per heavy atom. The van der Waals surface area contributed by atoms with E-state index >= 15 is 0 Å². The van der Waals surface area contributed by atoms with Gasteiger partial charge in [-0.25, -0.2) is 0 Å². The third-order valence-electron chi connectivity index (χ3n) is 4.09. The fourth-order valence-corrected chi connectivity index (χ4v) is 3.04. The number of furan rings is 1. The average Bonchev–Trinajstić information content (AvgIpc) is 2.97. The van der Waals surface area contributed by atoms with E-state index in [1.165, 1.54) is 5.56 Å². The molecular formula is C19H27NO. The Balaban J connectivity index is 2.14. The van der Waals surface area contributed by atoms with Crippen molar-refractivity contribution in [3.63, 3.8) is 0 Å². The van der Waals surface area contributed by atoms with Crippen molar-refractivity contribution in [1.82, 2.24) is 4.90 Å². The zero-order valence-electron chi connectivity index (χ0n) is 13.6. The third kappa shape index (κ3) is 4.21. The summed E-state index contributed by atoms with van der Waals surface area (Å²) in [6, 6.07) is 15.9. The number of nitrogens with zero attached hydrogens (tertiary/aromatic N) is 1. The fourth-order valence-electron chi connectivity index (χ4n) is 3.04. The number of rotatable bonds is 7. The summed E-state index contributed by atoms with van der Waals surface area (Å²) in [5, 5.41) is 0. The highest BCUT2D eigenvalue weighted by molar-refractivity contribution is 5.27. The minimum Gasteiger partial charge on any atom is -0.469 e. The van der Waals surface area contributed by atoms with E-state index in [9.17, 15) is 0 Å². The van der Waals surface area contributed by atoms with Crippen molar-refractivity contribution in [1.29, 1.82) is 0 Å². The predicted molar refractivity (Wildman–Crippen MR) is 88.6 cm³/mol. The van der Waals surface area contributed by atoms with Crippen molar-refractivity contribution in [2.24, 2.45) is 0 Å².